The summed E-state index contributed by atoms with van der Waals surface area (Å²) in [4.78, 5) is 87.1. The van der Waals surface area contributed by atoms with Crippen LogP contribution in [0.5, 0.6) is 0 Å². The molecule has 554 valence electrons. The smallest absolute Gasteiger partial charge is 0.311 e. The number of benzene rings is 3. The van der Waals surface area contributed by atoms with Gasteiger partial charge in [-0.15, -0.1) is 0 Å². The number of anilines is 2. The standard InChI is InChI=1S/C72H110Cl2N8O17/c1-15-55-72(12,94)63(87)45(8)82(39-41(4)35-71(11,93)65(99-69-61(86)54(81(13)14)32-42(5)95-69)43(6)62(44(7)68(91)97-55)98-59-36-70(10,92)64(88)46(9)96-59)30-22-29-75-57(84)37-77-66(89)52(31-40(2)3)80-67(90)53(33-47-23-17-16-18-24-47)78-58(85)38-76-56(83)34-48-25-19-20-28-51(48)79-60-49(73)26-21-27-50(60)74/h16-21,23-28,40-46,52-55,59,61-65,69,79,86-88,92-94H,15,22,29-39H2,1-14H3,(H,75,84)(H,76,83)(H,77,89)(H,78,85)(H,80,90). The SMILES string of the molecule is CCC1OC(=O)C(C)C(OC2CC(C)(O)C(O)C(C)O2)C(C)C(OC2OC(C)CC(N(C)C)C2O)C(C)(O)CC(C)CN(CCCNC(=O)CNC(=O)C(CC(C)C)NC(=O)C(Cc2ccccc2)NC(=O)CNC(=O)Cc2ccccc2Nc2c(Cl)cccc2Cl)C(C)C(O)C1(C)O. The van der Waals surface area contributed by atoms with Gasteiger partial charge in [0.15, 0.2) is 12.6 Å². The molecule has 3 aromatic carbocycles. The normalized spacial score (nSPS) is 31.9. The van der Waals surface area contributed by atoms with Crippen molar-refractivity contribution in [3.8, 4) is 0 Å². The molecule has 3 aliphatic rings. The topological polar surface area (TPSA) is 349 Å². The Morgan fingerprint density at radius 1 is 0.747 bits per heavy atom. The Bertz CT molecular complexity index is 3110. The van der Waals surface area contributed by atoms with Crippen LogP contribution in [-0.2, 0) is 65.3 Å². The van der Waals surface area contributed by atoms with Crippen LogP contribution < -0.4 is 31.9 Å². The quantitative estimate of drug-likeness (QED) is 0.0375. The second-order valence-electron chi connectivity index (χ2n) is 28.8. The number of carbonyl (C=O) groups excluding carboxylic acids is 6. The first-order chi connectivity index (χ1) is 46.4. The second-order valence-corrected chi connectivity index (χ2v) is 29.6. The van der Waals surface area contributed by atoms with E-state index in [1.807, 2.05) is 51.6 Å². The molecule has 0 saturated carbocycles. The number of likely N-dealkylation sites (N-methyl/N-ethyl adjacent to an activating group) is 1. The summed E-state index contributed by atoms with van der Waals surface area (Å²) in [6.07, 6.45) is -10.6. The van der Waals surface area contributed by atoms with Gasteiger partial charge in [0.25, 0.3) is 0 Å². The summed E-state index contributed by atoms with van der Waals surface area (Å²) in [6, 6.07) is 17.5. The Kier molecular flexibility index (Phi) is 30.8. The molecule has 0 aromatic heterocycles. The highest BCUT2D eigenvalue weighted by atomic mass is 35.5. The fourth-order valence-corrected chi connectivity index (χ4v) is 14.3. The molecule has 3 fully saturated rings. The Morgan fingerprint density at radius 2 is 1.39 bits per heavy atom. The van der Waals surface area contributed by atoms with E-state index in [-0.39, 0.29) is 76.6 Å². The van der Waals surface area contributed by atoms with Gasteiger partial charge in [-0.25, -0.2) is 0 Å². The van der Waals surface area contributed by atoms with Crippen molar-refractivity contribution in [3.05, 3.63) is 94.0 Å². The zero-order chi connectivity index (χ0) is 73.4. The van der Waals surface area contributed by atoms with Gasteiger partial charge in [-0.3, -0.25) is 33.7 Å². The van der Waals surface area contributed by atoms with Gasteiger partial charge < -0.3 is 91.1 Å². The van der Waals surface area contributed by atoms with E-state index < -0.39 is 163 Å². The molecule has 99 heavy (non-hydrogen) atoms. The van der Waals surface area contributed by atoms with Gasteiger partial charge in [-0.1, -0.05) is 112 Å². The van der Waals surface area contributed by atoms with Crippen LogP contribution in [0.4, 0.5) is 11.4 Å². The summed E-state index contributed by atoms with van der Waals surface area (Å²) in [5.41, 5.74) is -3.14. The van der Waals surface area contributed by atoms with E-state index >= 15 is 0 Å². The number of nitrogens with zero attached hydrogens (tertiary/aromatic N) is 2. The first-order valence-corrected chi connectivity index (χ1v) is 35.4. The van der Waals surface area contributed by atoms with E-state index in [0.717, 1.165) is 0 Å². The van der Waals surface area contributed by atoms with E-state index in [0.29, 0.717) is 39.0 Å². The highest BCUT2D eigenvalue weighted by Gasteiger charge is 2.53. The summed E-state index contributed by atoms with van der Waals surface area (Å²) < 4.78 is 32.1. The molecule has 0 bridgehead atoms. The average molecular weight is 1430 g/mol. The van der Waals surface area contributed by atoms with Crippen LogP contribution in [0.3, 0.4) is 0 Å². The monoisotopic (exact) mass is 1430 g/mol. The molecule has 3 saturated heterocycles. The third-order valence-corrected chi connectivity index (χ3v) is 19.9. The van der Waals surface area contributed by atoms with Crippen LogP contribution in [0.15, 0.2) is 72.8 Å². The van der Waals surface area contributed by atoms with Crippen molar-refractivity contribution in [2.24, 2.45) is 23.7 Å². The van der Waals surface area contributed by atoms with Crippen LogP contribution >= 0.6 is 23.2 Å². The minimum atomic E-state index is -2.05. The van der Waals surface area contributed by atoms with E-state index in [9.17, 15) is 59.4 Å². The molecule has 25 nitrogen and oxygen atoms in total. The molecule has 0 spiro atoms. The molecule has 12 N–H and O–H groups in total. The van der Waals surface area contributed by atoms with Crippen molar-refractivity contribution in [2.75, 3.05) is 52.1 Å². The first-order valence-electron chi connectivity index (χ1n) is 34.6. The number of para-hydroxylation sites is 2. The molecule has 20 unspecified atom stereocenters. The number of ether oxygens (including phenoxy) is 5. The summed E-state index contributed by atoms with van der Waals surface area (Å²) >= 11 is 12.8. The number of esters is 1. The number of hydrogen-bond acceptors (Lipinski definition) is 20. The first kappa shape index (κ1) is 82.3. The summed E-state index contributed by atoms with van der Waals surface area (Å²) in [5.74, 6) is -6.47. The van der Waals surface area contributed by atoms with E-state index in [2.05, 4.69) is 31.9 Å². The lowest BCUT2D eigenvalue weighted by Gasteiger charge is -2.48. The van der Waals surface area contributed by atoms with Crippen LogP contribution in [0.25, 0.3) is 0 Å². The van der Waals surface area contributed by atoms with Crippen molar-refractivity contribution >= 4 is 70.1 Å². The molecule has 27 heteroatoms. The maximum absolute atomic E-state index is 14.7. The predicted molar refractivity (Wildman–Crippen MR) is 375 cm³/mol. The molecule has 3 heterocycles. The van der Waals surface area contributed by atoms with Crippen LogP contribution in [0, 0.1) is 23.7 Å². The maximum atomic E-state index is 14.7. The number of aliphatic hydroxyl groups excluding tert-OH is 3. The van der Waals surface area contributed by atoms with E-state index in [1.54, 1.807) is 114 Å². The Balaban J connectivity index is 1.13. The maximum Gasteiger partial charge on any atom is 0.311 e. The van der Waals surface area contributed by atoms with Gasteiger partial charge in [0.2, 0.25) is 29.5 Å². The van der Waals surface area contributed by atoms with Crippen LogP contribution in [-0.4, -0.2) is 225 Å². The molecule has 0 radical (unpaired) electrons. The van der Waals surface area contributed by atoms with Crippen molar-refractivity contribution in [2.45, 2.75) is 237 Å². The van der Waals surface area contributed by atoms with Gasteiger partial charge in [0, 0.05) is 56.2 Å². The average Bonchev–Trinajstić information content (AvgIpc) is 1.70. The number of cyclic esters (lactones) is 1. The van der Waals surface area contributed by atoms with Crippen molar-refractivity contribution in [1.29, 1.82) is 0 Å². The Hall–Kier alpha value is -5.62. The molecule has 20 atom stereocenters. The molecular formula is C72H110Cl2N8O17. The van der Waals surface area contributed by atoms with Gasteiger partial charge in [-0.2, -0.15) is 0 Å². The molecule has 0 aliphatic carbocycles. The fraction of sp³-hybridized carbons (Fsp3) is 0.667. The number of nitrogens with one attached hydrogen (secondary N) is 6. The molecular weight excluding hydrogens is 1320 g/mol. The number of carbonyl (C=O) groups is 6. The summed E-state index contributed by atoms with van der Waals surface area (Å²) in [5, 5.41) is 89.2. The number of hydrogen-bond donors (Lipinski definition) is 12. The zero-order valence-corrected chi connectivity index (χ0v) is 61.3. The van der Waals surface area contributed by atoms with E-state index in [1.165, 1.54) is 13.8 Å². The largest absolute Gasteiger partial charge is 0.459 e. The van der Waals surface area contributed by atoms with Gasteiger partial charge in [0.1, 0.15) is 42.1 Å². The molecule has 5 amide bonds. The van der Waals surface area contributed by atoms with Gasteiger partial charge >= 0.3 is 5.97 Å². The molecule has 3 aromatic rings. The lowest BCUT2D eigenvalue weighted by Crippen LogP contribution is -2.60. The van der Waals surface area contributed by atoms with Crippen molar-refractivity contribution in [3.63, 3.8) is 0 Å². The highest BCUT2D eigenvalue weighted by molar-refractivity contribution is 6.39. The Morgan fingerprint density at radius 3 is 2.03 bits per heavy atom. The Labute approximate surface area is 593 Å². The van der Waals surface area contributed by atoms with Crippen LogP contribution in [0.2, 0.25) is 10.0 Å². The van der Waals surface area contributed by atoms with Crippen molar-refractivity contribution < 1.29 is 83.1 Å². The number of rotatable bonds is 26. The number of aliphatic hydroxyl groups is 6. The predicted octanol–water partition coefficient (Wildman–Crippen LogP) is 4.91. The zero-order valence-electron chi connectivity index (χ0n) is 59.8. The molecule has 3 aliphatic heterocycles. The highest BCUT2D eigenvalue weighted by Crippen LogP contribution is 2.41. The van der Waals surface area contributed by atoms with Gasteiger partial charge in [0.05, 0.1) is 76.8 Å². The van der Waals surface area contributed by atoms with Crippen molar-refractivity contribution in [1.82, 2.24) is 36.4 Å². The van der Waals surface area contributed by atoms with Crippen LogP contribution in [0.1, 0.15) is 133 Å². The third-order valence-electron chi connectivity index (χ3n) is 19.3. The second kappa shape index (κ2) is 37.0. The third kappa shape index (κ3) is 23.2. The lowest BCUT2D eigenvalue weighted by molar-refractivity contribution is -0.316. The summed E-state index contributed by atoms with van der Waals surface area (Å²) in [7, 11) is 3.67. The minimum Gasteiger partial charge on any atom is -0.459 e. The summed E-state index contributed by atoms with van der Waals surface area (Å²) in [6.45, 7) is 19.8. The van der Waals surface area contributed by atoms with E-state index in [4.69, 9.17) is 46.9 Å². The minimum absolute atomic E-state index is 0.0318. The number of amides is 5. The number of halogens is 2. The lowest BCUT2D eigenvalue weighted by atomic mass is 9.77. The molecule has 6 rings (SSSR count). The van der Waals surface area contributed by atoms with Gasteiger partial charge in [-0.05, 0) is 136 Å². The fourth-order valence-electron chi connectivity index (χ4n) is 13.8.